The van der Waals surface area contributed by atoms with Gasteiger partial charge in [0, 0.05) is 21.2 Å². The molecule has 4 heteroatoms. The molecule has 2 rings (SSSR count). The van der Waals surface area contributed by atoms with Gasteiger partial charge in [-0.05, 0) is 26.0 Å². The second-order valence-electron chi connectivity index (χ2n) is 5.11. The van der Waals surface area contributed by atoms with E-state index in [1.807, 2.05) is 62.4 Å². The van der Waals surface area contributed by atoms with Crippen LogP contribution in [0.3, 0.4) is 0 Å². The van der Waals surface area contributed by atoms with Crippen molar-refractivity contribution >= 4 is 27.1 Å². The standard InChI is InChI=1S/C21H20BrN3.C2H4/c1-5-9-10-16(8-4)20-23-19(15(6-2)7-3)24-21(25-20)17-11-13-18(22)14-12-17;1-2/h5-14H,2,4H2,1,3H3;1-2H2/b9-5-,15-7+,16-10+;. The molecule has 138 valence electrons. The van der Waals surface area contributed by atoms with E-state index in [9.17, 15) is 0 Å². The molecule has 0 aliphatic heterocycles. The van der Waals surface area contributed by atoms with Crippen LogP contribution in [0.5, 0.6) is 0 Å². The highest BCUT2D eigenvalue weighted by Gasteiger charge is 2.12. The molecule has 0 aliphatic rings. The van der Waals surface area contributed by atoms with E-state index in [0.717, 1.165) is 21.2 Å². The lowest BCUT2D eigenvalue weighted by atomic mass is 10.1. The Morgan fingerprint density at radius 2 is 1.44 bits per heavy atom. The molecule has 27 heavy (non-hydrogen) atoms. The van der Waals surface area contributed by atoms with E-state index >= 15 is 0 Å². The molecule has 0 saturated carbocycles. The first-order valence-corrected chi connectivity index (χ1v) is 9.19. The van der Waals surface area contributed by atoms with Crippen molar-refractivity contribution in [1.82, 2.24) is 15.0 Å². The Balaban J connectivity index is 0.00000176. The zero-order chi connectivity index (χ0) is 20.2. The minimum Gasteiger partial charge on any atom is -0.208 e. The van der Waals surface area contributed by atoms with Crippen molar-refractivity contribution < 1.29 is 0 Å². The van der Waals surface area contributed by atoms with Gasteiger partial charge in [0.1, 0.15) is 0 Å². The maximum atomic E-state index is 4.64. The van der Waals surface area contributed by atoms with E-state index in [0.29, 0.717) is 17.5 Å². The Morgan fingerprint density at radius 3 is 1.93 bits per heavy atom. The van der Waals surface area contributed by atoms with Crippen LogP contribution in [0.15, 0.2) is 91.5 Å². The molecule has 0 atom stereocenters. The number of allylic oxidation sites excluding steroid dienone is 8. The van der Waals surface area contributed by atoms with Gasteiger partial charge in [-0.3, -0.25) is 0 Å². The fourth-order valence-corrected chi connectivity index (χ4v) is 2.40. The Labute approximate surface area is 170 Å². The average molecular weight is 422 g/mol. The molecular weight excluding hydrogens is 398 g/mol. The molecule has 1 heterocycles. The molecule has 1 aromatic heterocycles. The number of rotatable bonds is 6. The topological polar surface area (TPSA) is 38.7 Å². The van der Waals surface area contributed by atoms with E-state index in [-0.39, 0.29) is 0 Å². The summed E-state index contributed by atoms with van der Waals surface area (Å²) in [5, 5.41) is 0. The Morgan fingerprint density at radius 1 is 0.889 bits per heavy atom. The smallest absolute Gasteiger partial charge is 0.164 e. The first-order chi connectivity index (χ1) is 13.1. The quantitative estimate of drug-likeness (QED) is 0.378. The van der Waals surface area contributed by atoms with E-state index < -0.39 is 0 Å². The average Bonchev–Trinajstić information content (AvgIpc) is 2.71. The summed E-state index contributed by atoms with van der Waals surface area (Å²) in [6.45, 7) is 17.6. The third kappa shape index (κ3) is 6.12. The summed E-state index contributed by atoms with van der Waals surface area (Å²) in [6, 6.07) is 7.87. The maximum absolute atomic E-state index is 4.64. The van der Waals surface area contributed by atoms with Crippen LogP contribution in [-0.4, -0.2) is 15.0 Å². The van der Waals surface area contributed by atoms with Gasteiger partial charge in [0.15, 0.2) is 17.5 Å². The summed E-state index contributed by atoms with van der Waals surface area (Å²) in [4.78, 5) is 13.8. The zero-order valence-corrected chi connectivity index (χ0v) is 17.4. The van der Waals surface area contributed by atoms with Crippen molar-refractivity contribution in [2.45, 2.75) is 13.8 Å². The normalized spacial score (nSPS) is 11.7. The van der Waals surface area contributed by atoms with Crippen LogP contribution in [0.1, 0.15) is 25.5 Å². The molecule has 0 bridgehead atoms. The summed E-state index contributed by atoms with van der Waals surface area (Å²) < 4.78 is 1.01. The summed E-state index contributed by atoms with van der Waals surface area (Å²) in [6.07, 6.45) is 11.2. The van der Waals surface area contributed by atoms with Crippen LogP contribution < -0.4 is 0 Å². The zero-order valence-electron chi connectivity index (χ0n) is 15.8. The molecule has 1 aromatic carbocycles. The second kappa shape index (κ2) is 11.7. The number of hydrogen-bond donors (Lipinski definition) is 0. The molecule has 0 unspecified atom stereocenters. The molecule has 0 spiro atoms. The minimum absolute atomic E-state index is 0.581. The molecule has 0 aliphatic carbocycles. The van der Waals surface area contributed by atoms with Gasteiger partial charge in [-0.25, -0.2) is 15.0 Å². The summed E-state index contributed by atoms with van der Waals surface area (Å²) in [5.41, 5.74) is 2.61. The van der Waals surface area contributed by atoms with Crippen molar-refractivity contribution in [3.05, 3.63) is 103 Å². The Hall–Kier alpha value is -2.85. The van der Waals surface area contributed by atoms with Crippen LogP contribution in [0.4, 0.5) is 0 Å². The van der Waals surface area contributed by atoms with Gasteiger partial charge in [0.2, 0.25) is 0 Å². The first-order valence-electron chi connectivity index (χ1n) is 8.39. The maximum Gasteiger partial charge on any atom is 0.164 e. The first kappa shape index (κ1) is 22.2. The van der Waals surface area contributed by atoms with E-state index in [1.54, 1.807) is 12.2 Å². The Bertz CT molecular complexity index is 875. The Kier molecular flexibility index (Phi) is 9.62. The van der Waals surface area contributed by atoms with Gasteiger partial charge in [0.05, 0.1) is 0 Å². The van der Waals surface area contributed by atoms with Crippen molar-refractivity contribution in [2.75, 3.05) is 0 Å². The third-order valence-electron chi connectivity index (χ3n) is 3.47. The lowest BCUT2D eigenvalue weighted by Gasteiger charge is -2.09. The van der Waals surface area contributed by atoms with Crippen molar-refractivity contribution in [3.63, 3.8) is 0 Å². The third-order valence-corrected chi connectivity index (χ3v) is 4.00. The summed E-state index contributed by atoms with van der Waals surface area (Å²) >= 11 is 3.45. The molecule has 2 aromatic rings. The SMILES string of the molecule is C=C.C=C/C(=C\C)c1nc(/C(C=C)=C/C=C\C)nc(-c2ccc(Br)cc2)n1. The minimum atomic E-state index is 0.581. The summed E-state index contributed by atoms with van der Waals surface area (Å²) in [7, 11) is 0. The van der Waals surface area contributed by atoms with Crippen molar-refractivity contribution in [2.24, 2.45) is 0 Å². The monoisotopic (exact) mass is 421 g/mol. The highest BCUT2D eigenvalue weighted by molar-refractivity contribution is 9.10. The lowest BCUT2D eigenvalue weighted by Crippen LogP contribution is -2.04. The fourth-order valence-electron chi connectivity index (χ4n) is 2.13. The fraction of sp³-hybridized carbons (Fsp3) is 0.0870. The van der Waals surface area contributed by atoms with Crippen LogP contribution >= 0.6 is 15.9 Å². The predicted octanol–water partition coefficient (Wildman–Crippen LogP) is 6.84. The predicted molar refractivity (Wildman–Crippen MR) is 121 cm³/mol. The van der Waals surface area contributed by atoms with Gasteiger partial charge in [0.25, 0.3) is 0 Å². The molecular formula is C23H24BrN3. The number of aromatic nitrogens is 3. The summed E-state index contributed by atoms with van der Waals surface area (Å²) in [5.74, 6) is 1.78. The number of halogens is 1. The number of hydrogen-bond acceptors (Lipinski definition) is 3. The van der Waals surface area contributed by atoms with Crippen molar-refractivity contribution in [3.8, 4) is 11.4 Å². The lowest BCUT2D eigenvalue weighted by molar-refractivity contribution is 1.00. The molecule has 3 nitrogen and oxygen atoms in total. The van der Waals surface area contributed by atoms with Crippen LogP contribution in [0.25, 0.3) is 22.5 Å². The van der Waals surface area contributed by atoms with Crippen LogP contribution in [-0.2, 0) is 0 Å². The van der Waals surface area contributed by atoms with Gasteiger partial charge in [-0.1, -0.05) is 77.7 Å². The van der Waals surface area contributed by atoms with Gasteiger partial charge in [-0.15, -0.1) is 13.2 Å². The highest BCUT2D eigenvalue weighted by Crippen LogP contribution is 2.23. The second-order valence-corrected chi connectivity index (χ2v) is 6.03. The van der Waals surface area contributed by atoms with Crippen molar-refractivity contribution in [1.29, 1.82) is 0 Å². The van der Waals surface area contributed by atoms with E-state index in [1.165, 1.54) is 0 Å². The number of benzene rings is 1. The molecule has 0 radical (unpaired) electrons. The molecule has 0 saturated heterocycles. The van der Waals surface area contributed by atoms with Gasteiger partial charge >= 0.3 is 0 Å². The molecule has 0 fully saturated rings. The number of nitrogens with zero attached hydrogens (tertiary/aromatic N) is 3. The molecule has 0 amide bonds. The van der Waals surface area contributed by atoms with Gasteiger partial charge < -0.3 is 0 Å². The van der Waals surface area contributed by atoms with E-state index in [4.69, 9.17) is 0 Å². The highest BCUT2D eigenvalue weighted by atomic mass is 79.9. The molecule has 0 N–H and O–H groups in total. The van der Waals surface area contributed by atoms with Crippen LogP contribution in [0, 0.1) is 0 Å². The van der Waals surface area contributed by atoms with E-state index in [2.05, 4.69) is 57.2 Å². The van der Waals surface area contributed by atoms with Crippen LogP contribution in [0.2, 0.25) is 0 Å². The largest absolute Gasteiger partial charge is 0.208 e. The van der Waals surface area contributed by atoms with Gasteiger partial charge in [-0.2, -0.15) is 0 Å².